The number of benzene rings is 2. The molecule has 0 N–H and O–H groups in total. The first kappa shape index (κ1) is 15.5. The third-order valence-corrected chi connectivity index (χ3v) is 4.96. The van der Waals surface area contributed by atoms with E-state index < -0.39 is 5.54 Å². The summed E-state index contributed by atoms with van der Waals surface area (Å²) in [5.74, 6) is -0.654. The lowest BCUT2D eigenvalue weighted by Gasteiger charge is -2.22. The molecule has 2 aromatic rings. The molecule has 4 heteroatoms. The van der Waals surface area contributed by atoms with Gasteiger partial charge in [-0.1, -0.05) is 42.5 Å². The lowest BCUT2D eigenvalue weighted by atomic mass is 10.0. The Hall–Kier alpha value is -3.01. The largest absolute Gasteiger partial charge is 0.289 e. The van der Waals surface area contributed by atoms with Crippen LogP contribution in [-0.4, -0.2) is 28.0 Å². The molecular formula is C21H17NO3. The fourth-order valence-electron chi connectivity index (χ4n) is 3.36. The summed E-state index contributed by atoms with van der Waals surface area (Å²) in [5.41, 5.74) is 1.76. The van der Waals surface area contributed by atoms with E-state index >= 15 is 0 Å². The number of ketones is 1. The third-order valence-electron chi connectivity index (χ3n) is 4.96. The summed E-state index contributed by atoms with van der Waals surface area (Å²) < 4.78 is 0. The number of hydrogen-bond acceptors (Lipinski definition) is 3. The maximum Gasteiger partial charge on any atom is 0.262 e. The van der Waals surface area contributed by atoms with Crippen molar-refractivity contribution in [2.75, 3.05) is 0 Å². The number of rotatable bonds is 4. The van der Waals surface area contributed by atoms with Gasteiger partial charge in [-0.25, -0.2) is 0 Å². The van der Waals surface area contributed by atoms with Crippen molar-refractivity contribution in [3.8, 4) is 0 Å². The molecule has 1 aliphatic heterocycles. The molecule has 4 nitrogen and oxygen atoms in total. The highest BCUT2D eigenvalue weighted by Crippen LogP contribution is 2.46. The molecule has 0 unspecified atom stereocenters. The van der Waals surface area contributed by atoms with Crippen molar-refractivity contribution in [3.05, 3.63) is 82.9 Å². The number of imide groups is 1. The number of hydrogen-bond donors (Lipinski definition) is 0. The molecule has 1 aliphatic carbocycles. The number of carbonyl (C=O) groups is 3. The van der Waals surface area contributed by atoms with Crippen molar-refractivity contribution in [2.24, 2.45) is 0 Å². The minimum absolute atomic E-state index is 0.110. The van der Waals surface area contributed by atoms with Crippen molar-refractivity contribution in [1.29, 1.82) is 0 Å². The molecule has 2 amide bonds. The van der Waals surface area contributed by atoms with E-state index in [4.69, 9.17) is 0 Å². The predicted molar refractivity (Wildman–Crippen MR) is 93.6 cm³/mol. The highest BCUT2D eigenvalue weighted by Gasteiger charge is 2.54. The molecule has 0 bridgehead atoms. The van der Waals surface area contributed by atoms with E-state index in [-0.39, 0.29) is 17.6 Å². The third kappa shape index (κ3) is 2.41. The SMILES string of the molecule is Cc1ccccc1C(=O)/C=C/C1(N2C(=O)c3ccccc3C2=O)CC1. The predicted octanol–water partition coefficient (Wildman–Crippen LogP) is 3.56. The zero-order valence-electron chi connectivity index (χ0n) is 13.9. The fourth-order valence-corrected chi connectivity index (χ4v) is 3.36. The molecule has 4 rings (SSSR count). The van der Waals surface area contributed by atoms with Crippen LogP contribution in [0.1, 0.15) is 49.5 Å². The Balaban J connectivity index is 1.62. The maximum absolute atomic E-state index is 12.6. The van der Waals surface area contributed by atoms with Crippen LogP contribution in [0.3, 0.4) is 0 Å². The second-order valence-corrected chi connectivity index (χ2v) is 6.61. The van der Waals surface area contributed by atoms with Crippen LogP contribution in [0, 0.1) is 6.92 Å². The van der Waals surface area contributed by atoms with Gasteiger partial charge in [0.1, 0.15) is 0 Å². The van der Waals surface area contributed by atoms with Crippen molar-refractivity contribution >= 4 is 17.6 Å². The monoisotopic (exact) mass is 331 g/mol. The standard InChI is InChI=1S/C21H17NO3/c1-14-6-2-3-7-15(14)18(23)10-11-21(12-13-21)22-19(24)16-8-4-5-9-17(16)20(22)25/h2-11H,12-13H2,1H3/b11-10+. The van der Waals surface area contributed by atoms with Gasteiger partial charge < -0.3 is 0 Å². The first-order valence-electron chi connectivity index (χ1n) is 8.31. The van der Waals surface area contributed by atoms with Crippen molar-refractivity contribution in [3.63, 3.8) is 0 Å². The molecule has 0 atom stereocenters. The summed E-state index contributed by atoms with van der Waals surface area (Å²) in [6.07, 6.45) is 4.61. The summed E-state index contributed by atoms with van der Waals surface area (Å²) in [6.45, 7) is 1.89. The number of amides is 2. The molecule has 0 saturated heterocycles. The Labute approximate surface area is 145 Å². The Morgan fingerprint density at radius 2 is 1.52 bits per heavy atom. The van der Waals surface area contributed by atoms with Crippen LogP contribution in [0.2, 0.25) is 0 Å². The summed E-state index contributed by atoms with van der Waals surface area (Å²) in [7, 11) is 0. The lowest BCUT2D eigenvalue weighted by molar-refractivity contribution is 0.0596. The van der Waals surface area contributed by atoms with E-state index in [9.17, 15) is 14.4 Å². The van der Waals surface area contributed by atoms with Gasteiger partial charge in [0.2, 0.25) is 0 Å². The summed E-state index contributed by atoms with van der Waals surface area (Å²) in [5, 5.41) is 0. The second kappa shape index (κ2) is 5.52. The van der Waals surface area contributed by atoms with Gasteiger partial charge in [0.15, 0.2) is 5.78 Å². The van der Waals surface area contributed by atoms with Gasteiger partial charge in [0.05, 0.1) is 16.7 Å². The molecule has 1 saturated carbocycles. The van der Waals surface area contributed by atoms with Gasteiger partial charge in [0, 0.05) is 5.56 Å². The average Bonchev–Trinajstić information content (AvgIpc) is 3.35. The van der Waals surface area contributed by atoms with E-state index in [1.165, 1.54) is 11.0 Å². The quantitative estimate of drug-likeness (QED) is 0.489. The molecular weight excluding hydrogens is 314 g/mol. The molecule has 124 valence electrons. The van der Waals surface area contributed by atoms with E-state index in [0.29, 0.717) is 29.5 Å². The first-order valence-corrected chi connectivity index (χ1v) is 8.31. The van der Waals surface area contributed by atoms with Crippen LogP contribution in [0.4, 0.5) is 0 Å². The van der Waals surface area contributed by atoms with E-state index in [1.807, 2.05) is 25.1 Å². The number of aryl methyl sites for hydroxylation is 1. The van der Waals surface area contributed by atoms with Crippen LogP contribution < -0.4 is 0 Å². The van der Waals surface area contributed by atoms with Gasteiger partial charge in [0.25, 0.3) is 11.8 Å². The van der Waals surface area contributed by atoms with Crippen LogP contribution in [0.15, 0.2) is 60.7 Å². The van der Waals surface area contributed by atoms with Gasteiger partial charge >= 0.3 is 0 Å². The molecule has 0 aromatic heterocycles. The summed E-state index contributed by atoms with van der Waals surface area (Å²) >= 11 is 0. The maximum atomic E-state index is 12.6. The van der Waals surface area contributed by atoms with Crippen molar-refractivity contribution in [1.82, 2.24) is 4.90 Å². The Kier molecular flexibility index (Phi) is 3.42. The topological polar surface area (TPSA) is 54.5 Å². The second-order valence-electron chi connectivity index (χ2n) is 6.61. The highest BCUT2D eigenvalue weighted by molar-refractivity contribution is 6.22. The fraction of sp³-hybridized carbons (Fsp3) is 0.190. The molecule has 1 fully saturated rings. The highest BCUT2D eigenvalue weighted by atomic mass is 16.2. The van der Waals surface area contributed by atoms with Crippen molar-refractivity contribution in [2.45, 2.75) is 25.3 Å². The minimum atomic E-state index is -0.661. The Morgan fingerprint density at radius 1 is 0.960 bits per heavy atom. The molecule has 0 radical (unpaired) electrons. The van der Waals surface area contributed by atoms with E-state index in [0.717, 1.165) is 5.56 Å². The zero-order valence-corrected chi connectivity index (χ0v) is 13.9. The van der Waals surface area contributed by atoms with E-state index in [1.54, 1.807) is 36.4 Å². The van der Waals surface area contributed by atoms with Gasteiger partial charge in [-0.3, -0.25) is 19.3 Å². The van der Waals surface area contributed by atoms with Gasteiger partial charge in [-0.05, 0) is 43.5 Å². The lowest BCUT2D eigenvalue weighted by Crippen LogP contribution is -2.40. The zero-order chi connectivity index (χ0) is 17.6. The number of allylic oxidation sites excluding steroid dienone is 1. The Morgan fingerprint density at radius 3 is 2.08 bits per heavy atom. The van der Waals surface area contributed by atoms with Gasteiger partial charge in [-0.2, -0.15) is 0 Å². The molecule has 25 heavy (non-hydrogen) atoms. The van der Waals surface area contributed by atoms with Gasteiger partial charge in [-0.15, -0.1) is 0 Å². The normalized spacial score (nSPS) is 17.9. The summed E-state index contributed by atoms with van der Waals surface area (Å²) in [6, 6.07) is 14.2. The minimum Gasteiger partial charge on any atom is -0.289 e. The summed E-state index contributed by atoms with van der Waals surface area (Å²) in [4.78, 5) is 39.1. The van der Waals surface area contributed by atoms with E-state index in [2.05, 4.69) is 0 Å². The average molecular weight is 331 g/mol. The molecule has 2 aliphatic rings. The number of fused-ring (bicyclic) bond motifs is 1. The van der Waals surface area contributed by atoms with Crippen LogP contribution >= 0.6 is 0 Å². The molecule has 2 aromatic carbocycles. The number of carbonyl (C=O) groups excluding carboxylic acids is 3. The molecule has 0 spiro atoms. The van der Waals surface area contributed by atoms with Crippen LogP contribution in [-0.2, 0) is 0 Å². The van der Waals surface area contributed by atoms with Crippen LogP contribution in [0.25, 0.3) is 0 Å². The Bertz CT molecular complexity index is 903. The van der Waals surface area contributed by atoms with Crippen molar-refractivity contribution < 1.29 is 14.4 Å². The van der Waals surface area contributed by atoms with Crippen LogP contribution in [0.5, 0.6) is 0 Å². The first-order chi connectivity index (χ1) is 12.0. The smallest absolute Gasteiger partial charge is 0.262 e. The molecule has 1 heterocycles. The number of nitrogens with zero attached hydrogens (tertiary/aromatic N) is 1.